The van der Waals surface area contributed by atoms with Crippen molar-refractivity contribution in [3.8, 4) is 0 Å². The van der Waals surface area contributed by atoms with Crippen LogP contribution in [0.25, 0.3) is 0 Å². The number of esters is 3. The Morgan fingerprint density at radius 2 is 1.02 bits per heavy atom. The van der Waals surface area contributed by atoms with E-state index in [1.165, 1.54) is 44.0 Å². The number of carbonyl (C=O) groups is 10. The van der Waals surface area contributed by atoms with Crippen molar-refractivity contribution in [1.82, 2.24) is 0 Å². The van der Waals surface area contributed by atoms with E-state index >= 15 is 0 Å². The summed E-state index contributed by atoms with van der Waals surface area (Å²) in [5.74, 6) is -4.62. The maximum Gasteiger partial charge on any atom is 1.00 e. The predicted octanol–water partition coefficient (Wildman–Crippen LogP) is -0.418. The van der Waals surface area contributed by atoms with Gasteiger partial charge in [0.1, 0.15) is 54.7 Å². The van der Waals surface area contributed by atoms with Gasteiger partial charge in [-0.25, -0.2) is 9.59 Å². The fourth-order valence-electron chi connectivity index (χ4n) is 2.56. The van der Waals surface area contributed by atoms with Gasteiger partial charge in [0.2, 0.25) is 0 Å². The Bertz CT molecular complexity index is 1200. The number of halogens is 4. The fourth-order valence-corrected chi connectivity index (χ4v) is 2.56. The Balaban J connectivity index is -0.0000000557. The number of aliphatic carboxylic acids is 1. The van der Waals surface area contributed by atoms with E-state index in [0.717, 1.165) is 0 Å². The summed E-state index contributed by atoms with van der Waals surface area (Å²) >= 11 is 11.4. The SMILES string of the molecule is C.CC(=O)C1=C(CO)COC1=O.CC(=O)C1=C(CO)COC1=O.CC(=O)CC(=O)[O-].CC(=O)CCl.CC(=O)COC(=O)CC(C)=O.ICI.[CH2-]I.[CH3-].[K+].[V].[V]. The number of cyclic esters (lactones) is 2. The molecule has 23 heteroatoms. The number of hydrogen-bond acceptors (Lipinski definition) is 16. The zero-order valence-corrected chi connectivity index (χ0v) is 44.2. The van der Waals surface area contributed by atoms with E-state index in [1.807, 2.05) is 22.6 Å². The van der Waals surface area contributed by atoms with Crippen molar-refractivity contribution in [2.75, 3.05) is 41.3 Å². The molecule has 0 aliphatic carbocycles. The number of Topliss-reactive ketones (excluding diaryl/α,β-unsaturated/α-hetero) is 6. The molecular weight excluding hydrogens is 1200 g/mol. The third kappa shape index (κ3) is 52.6. The number of carboxylic acids is 1. The molecule has 312 valence electrons. The summed E-state index contributed by atoms with van der Waals surface area (Å²) in [6.45, 7) is 7.07. The van der Waals surface area contributed by atoms with Gasteiger partial charge in [0.25, 0.3) is 0 Å². The van der Waals surface area contributed by atoms with Crippen LogP contribution in [0.2, 0.25) is 0 Å². The minimum atomic E-state index is -1.31. The van der Waals surface area contributed by atoms with Crippen LogP contribution in [0.4, 0.5) is 0 Å². The summed E-state index contributed by atoms with van der Waals surface area (Å²) in [7, 11) is 0. The van der Waals surface area contributed by atoms with E-state index in [1.54, 1.807) is 0 Å². The minimum Gasteiger partial charge on any atom is -0.550 e. The number of aliphatic hydroxyl groups excluding tert-OH is 2. The topological polar surface area (TPSA) is 262 Å². The normalized spacial score (nSPS) is 10.8. The minimum absolute atomic E-state index is 0. The molecule has 2 aliphatic heterocycles. The van der Waals surface area contributed by atoms with Gasteiger partial charge in [0.05, 0.1) is 21.5 Å². The molecule has 16 nitrogen and oxygen atoms in total. The second-order valence-electron chi connectivity index (χ2n) is 8.97. The Hall–Kier alpha value is 0.585. The predicted molar refractivity (Wildman–Crippen MR) is 216 cm³/mol. The monoisotopic (exact) mass is 1240 g/mol. The van der Waals surface area contributed by atoms with Crippen LogP contribution >= 0.6 is 79.4 Å². The molecule has 0 atom stereocenters. The van der Waals surface area contributed by atoms with Gasteiger partial charge in [-0.15, -0.1) is 11.6 Å². The van der Waals surface area contributed by atoms with E-state index in [-0.39, 0.29) is 195 Å². The molecule has 0 unspecified atom stereocenters. The van der Waals surface area contributed by atoms with Crippen molar-refractivity contribution in [2.24, 2.45) is 0 Å². The Morgan fingerprint density at radius 1 is 0.727 bits per heavy atom. The molecule has 0 bridgehead atoms. The van der Waals surface area contributed by atoms with Gasteiger partial charge in [-0.2, -0.15) is 0 Å². The Kier molecular flexibility index (Phi) is 76.2. The molecule has 0 spiro atoms. The first kappa shape index (κ1) is 79.7. The van der Waals surface area contributed by atoms with E-state index in [4.69, 9.17) is 21.8 Å². The summed E-state index contributed by atoms with van der Waals surface area (Å²) < 4.78 is 14.7. The molecule has 55 heavy (non-hydrogen) atoms. The zero-order chi connectivity index (χ0) is 40.6. The third-order valence-electron chi connectivity index (χ3n) is 4.37. The molecule has 0 aromatic heterocycles. The molecule has 0 aromatic carbocycles. The molecule has 2 rings (SSSR count). The second kappa shape index (κ2) is 52.6. The largest absolute Gasteiger partial charge is 1.00 e. The van der Waals surface area contributed by atoms with E-state index in [9.17, 15) is 53.1 Å². The molecule has 0 saturated heterocycles. The van der Waals surface area contributed by atoms with Crippen LogP contribution in [0.3, 0.4) is 0 Å². The van der Waals surface area contributed by atoms with Crippen LogP contribution in [0.1, 0.15) is 61.8 Å². The van der Waals surface area contributed by atoms with Crippen LogP contribution in [0, 0.1) is 12.4 Å². The van der Waals surface area contributed by atoms with Gasteiger partial charge in [0.15, 0.2) is 17.3 Å². The maximum atomic E-state index is 10.8. The van der Waals surface area contributed by atoms with Crippen LogP contribution in [-0.4, -0.2) is 110 Å². The van der Waals surface area contributed by atoms with Gasteiger partial charge in [-0.05, 0) is 41.5 Å². The Morgan fingerprint density at radius 3 is 1.16 bits per heavy atom. The Labute approximate surface area is 435 Å². The van der Waals surface area contributed by atoms with Crippen molar-refractivity contribution in [3.63, 3.8) is 0 Å². The molecule has 0 amide bonds. The summed E-state index contributed by atoms with van der Waals surface area (Å²) in [5.41, 5.74) is 0.769. The molecule has 2 N–H and O–H groups in total. The standard InChI is InChI=1S/2C7H8O4.C7H10O4.C4H6O3.C3H5ClO.CH2I2.CH2I.CH4.CH3.K.2V/c2*1-4(9)6-5(2-8)3-11-7(6)10;1-5(8)3-7(10)11-4-6(2)9;1-3(5)2-4(6)7;1-3(5)2-4;2-1-3;1-2;;;;;/h2*8H,2-3H2,1H3;3-4H2,1-2H3;2H2,1H3,(H,6,7);2H2,1H3;1H2;1H2;1H4;1H3;;;/q;;;;;;-1;;-1;+1;;/p-1. The number of alkyl halides is 3. The third-order valence-corrected chi connectivity index (χ3v) is 4.74. The first-order valence-electron chi connectivity index (χ1n) is 13.5. The second-order valence-corrected chi connectivity index (χ2v) is 13.7. The molecule has 0 saturated carbocycles. The summed E-state index contributed by atoms with van der Waals surface area (Å²) in [6.07, 6.45) is -0.729. The number of rotatable bonds is 11. The van der Waals surface area contributed by atoms with E-state index in [0.29, 0.717) is 11.1 Å². The smallest absolute Gasteiger partial charge is 0.550 e. The molecule has 2 radical (unpaired) electrons. The van der Waals surface area contributed by atoms with Crippen molar-refractivity contribution in [3.05, 3.63) is 34.6 Å². The average Bonchev–Trinajstić information content (AvgIpc) is 3.59. The van der Waals surface area contributed by atoms with Crippen molar-refractivity contribution in [2.45, 2.75) is 61.8 Å². The summed E-state index contributed by atoms with van der Waals surface area (Å²) in [6, 6.07) is 0. The van der Waals surface area contributed by atoms with Gasteiger partial charge >= 0.3 is 69.3 Å². The van der Waals surface area contributed by atoms with Crippen LogP contribution in [-0.2, 0) is 99.3 Å². The fraction of sp³-hybridized carbons (Fsp3) is 0.500. The van der Waals surface area contributed by atoms with Crippen LogP contribution in [0.5, 0.6) is 0 Å². The average molecular weight is 1240 g/mol. The molecule has 0 fully saturated rings. The number of carboxylic acid groups (broad SMARTS) is 1. The van der Waals surface area contributed by atoms with Crippen LogP contribution < -0.4 is 56.5 Å². The molecule has 2 heterocycles. The first-order chi connectivity index (χ1) is 23.2. The summed E-state index contributed by atoms with van der Waals surface area (Å²) in [5, 5.41) is 26.8. The van der Waals surface area contributed by atoms with E-state index < -0.39 is 30.3 Å². The van der Waals surface area contributed by atoms with Crippen molar-refractivity contribution >= 4 is 138 Å². The molecule has 0 aromatic rings. The first-order valence-corrected chi connectivity index (χ1v) is 18.6. The number of ether oxygens (including phenoxy) is 3. The molecular formula is C32H47ClI3KO16V2-2. The van der Waals surface area contributed by atoms with E-state index in [2.05, 4.69) is 64.3 Å². The summed E-state index contributed by atoms with van der Waals surface area (Å²) in [4.78, 5) is 106. The van der Waals surface area contributed by atoms with Gasteiger partial charge in [-0.1, -0.05) is 52.6 Å². The molecule has 2 aliphatic rings. The van der Waals surface area contributed by atoms with Crippen molar-refractivity contribution in [1.29, 1.82) is 0 Å². The number of hydrogen-bond donors (Lipinski definition) is 2. The number of aliphatic hydroxyl groups is 2. The quantitative estimate of drug-likeness (QED) is 0.0389. The van der Waals surface area contributed by atoms with Crippen molar-refractivity contribution < 1.29 is 166 Å². The maximum absolute atomic E-state index is 10.8. The zero-order valence-electron chi connectivity index (χ0n) is 31.1. The van der Waals surface area contributed by atoms with Gasteiger partial charge in [0, 0.05) is 60.6 Å². The number of carbonyl (C=O) groups excluding carboxylic acids is 10. The van der Waals surface area contributed by atoms with Gasteiger partial charge in [-0.3, -0.25) is 38.5 Å². The van der Waals surface area contributed by atoms with Gasteiger partial charge < -0.3 is 64.3 Å². The van der Waals surface area contributed by atoms with Crippen LogP contribution in [0.15, 0.2) is 22.3 Å². The number of ketones is 6.